The quantitative estimate of drug-likeness (QED) is 0.424. The number of carbonyl (C=O) groups excluding carboxylic acids is 1. The van der Waals surface area contributed by atoms with Crippen LogP contribution in [0.15, 0.2) is 70.7 Å². The van der Waals surface area contributed by atoms with E-state index in [-0.39, 0.29) is 21.8 Å². The molecule has 0 bridgehead atoms. The average molecular weight is 580 g/mol. The van der Waals surface area contributed by atoms with Gasteiger partial charge in [-0.15, -0.1) is 4.28 Å². The molecule has 2 heterocycles. The highest BCUT2D eigenvalue weighted by molar-refractivity contribution is 7.89. The minimum atomic E-state index is -4.36. The van der Waals surface area contributed by atoms with E-state index in [1.54, 1.807) is 19.1 Å². The Hall–Kier alpha value is -3.95. The number of hydrogen-bond acceptors (Lipinski definition) is 9. The van der Waals surface area contributed by atoms with Gasteiger partial charge < -0.3 is 5.32 Å². The summed E-state index contributed by atoms with van der Waals surface area (Å²) in [6.07, 6.45) is 0.861. The maximum absolute atomic E-state index is 15.0. The summed E-state index contributed by atoms with van der Waals surface area (Å²) in [4.78, 5) is 20.3. The molecule has 0 unspecified atom stereocenters. The smallest absolute Gasteiger partial charge is 0.317 e. The molecule has 1 amide bonds. The molecule has 1 aliphatic heterocycles. The molecule has 1 aromatic heterocycles. The molecule has 15 heteroatoms. The van der Waals surface area contributed by atoms with Gasteiger partial charge in [0.25, 0.3) is 5.91 Å². The first-order valence-electron chi connectivity index (χ1n) is 11.3. The second-order valence-electron chi connectivity index (χ2n) is 8.90. The van der Waals surface area contributed by atoms with Gasteiger partial charge in [0.05, 0.1) is 16.8 Å². The first-order chi connectivity index (χ1) is 18.2. The van der Waals surface area contributed by atoms with E-state index >= 15 is 4.39 Å². The summed E-state index contributed by atoms with van der Waals surface area (Å²) in [5, 5.41) is 2.49. The minimum absolute atomic E-state index is 0.0861. The van der Waals surface area contributed by atoms with Crippen LogP contribution in [0.4, 0.5) is 14.5 Å². The van der Waals surface area contributed by atoms with Gasteiger partial charge in [-0.25, -0.2) is 37.0 Å². The zero-order valence-electron chi connectivity index (χ0n) is 20.8. The van der Waals surface area contributed by atoms with Crippen molar-refractivity contribution in [2.24, 2.45) is 4.99 Å². The van der Waals surface area contributed by atoms with E-state index in [1.165, 1.54) is 31.2 Å². The van der Waals surface area contributed by atoms with Crippen molar-refractivity contribution in [3.63, 3.8) is 0 Å². The summed E-state index contributed by atoms with van der Waals surface area (Å²) in [7, 11) is -7.37. The second-order valence-corrected chi connectivity index (χ2v) is 12.4. The van der Waals surface area contributed by atoms with Crippen LogP contribution in [0.25, 0.3) is 0 Å². The van der Waals surface area contributed by atoms with Gasteiger partial charge in [-0.1, -0.05) is 17.7 Å². The third kappa shape index (κ3) is 6.05. The fourth-order valence-corrected chi connectivity index (χ4v) is 5.93. The third-order valence-electron chi connectivity index (χ3n) is 5.85. The largest absolute Gasteiger partial charge is 0.321 e. The molecule has 1 atom stereocenters. The van der Waals surface area contributed by atoms with Crippen molar-refractivity contribution < 1.29 is 34.7 Å². The number of carbonyl (C=O) groups is 1. The Labute approximate surface area is 223 Å². The van der Waals surface area contributed by atoms with Crippen LogP contribution in [-0.2, 0) is 30.0 Å². The van der Waals surface area contributed by atoms with Crippen molar-refractivity contribution in [2.75, 3.05) is 18.1 Å². The first-order valence-corrected chi connectivity index (χ1v) is 14.3. The summed E-state index contributed by atoms with van der Waals surface area (Å²) < 4.78 is 84.8. The van der Waals surface area contributed by atoms with Crippen LogP contribution in [-0.4, -0.2) is 50.8 Å². The van der Waals surface area contributed by atoms with Crippen LogP contribution in [0.3, 0.4) is 0 Å². The number of aryl methyl sites for hydroxylation is 1. The van der Waals surface area contributed by atoms with E-state index in [0.29, 0.717) is 4.31 Å². The lowest BCUT2D eigenvalue weighted by Gasteiger charge is -2.35. The Morgan fingerprint density at radius 3 is 2.44 bits per heavy atom. The highest BCUT2D eigenvalue weighted by Gasteiger charge is 2.43. The molecule has 2 aromatic carbocycles. The summed E-state index contributed by atoms with van der Waals surface area (Å²) in [5.41, 5.74) is 0.907. The van der Waals surface area contributed by atoms with E-state index in [9.17, 15) is 26.0 Å². The average Bonchev–Trinajstić information content (AvgIpc) is 2.87. The van der Waals surface area contributed by atoms with Crippen molar-refractivity contribution in [1.29, 1.82) is 0 Å². The molecule has 0 saturated carbocycles. The normalized spacial score (nSPS) is 18.8. The number of aliphatic imine (C=N–C) groups is 1. The molecule has 1 aliphatic rings. The molecular weight excluding hydrogens is 556 g/mol. The number of hydrogen-bond donors (Lipinski definition) is 2. The molecule has 206 valence electrons. The number of sulfonamides is 1. The highest BCUT2D eigenvalue weighted by atomic mass is 32.2. The number of halogens is 2. The topological polar surface area (TPSA) is 147 Å². The maximum Gasteiger partial charge on any atom is 0.317 e. The third-order valence-corrected chi connectivity index (χ3v) is 8.94. The fraction of sp³-hybridized carbons (Fsp3) is 0.208. The van der Waals surface area contributed by atoms with Gasteiger partial charge in [-0.05, 0) is 56.3 Å². The standard InChI is InChI=1S/C24H23F2N5O6S2/c1-15-4-8-18(9-5-15)39(35,36)37-30-23-29-24(2,14-38(33,34)31(23)3)19-12-17(7-10-20(19)26)28-22(32)21-11-6-16(25)13-27-21/h4-13H,14H2,1-3H3,(H,28,32)(H,29,30)/t24-/m0/s1. The van der Waals surface area contributed by atoms with Gasteiger partial charge in [0.15, 0.2) is 0 Å². The summed E-state index contributed by atoms with van der Waals surface area (Å²) >= 11 is 0. The Balaban J connectivity index is 1.65. The van der Waals surface area contributed by atoms with Gasteiger partial charge in [0.2, 0.25) is 16.0 Å². The number of aromatic nitrogens is 1. The molecule has 0 saturated heterocycles. The van der Waals surface area contributed by atoms with E-state index < -0.39 is 54.9 Å². The maximum atomic E-state index is 15.0. The summed E-state index contributed by atoms with van der Waals surface area (Å²) in [6.45, 7) is 3.10. The van der Waals surface area contributed by atoms with Crippen LogP contribution in [0, 0.1) is 18.6 Å². The van der Waals surface area contributed by atoms with Gasteiger partial charge in [-0.3, -0.25) is 4.79 Å². The molecule has 0 radical (unpaired) electrons. The molecule has 2 N–H and O–H groups in total. The van der Waals surface area contributed by atoms with Crippen LogP contribution in [0.5, 0.6) is 0 Å². The van der Waals surface area contributed by atoms with E-state index in [2.05, 4.69) is 20.8 Å². The number of benzene rings is 2. The number of nitrogens with one attached hydrogen (secondary N) is 2. The fourth-order valence-electron chi connectivity index (χ4n) is 3.71. The van der Waals surface area contributed by atoms with Crippen molar-refractivity contribution in [2.45, 2.75) is 24.3 Å². The SMILES string of the molecule is Cc1ccc(S(=O)(=O)ONC2=N[C@](C)(c3cc(NC(=O)c4ccc(F)cn4)ccc3F)CS(=O)(=O)N2C)cc1. The molecule has 0 aliphatic carbocycles. The van der Waals surface area contributed by atoms with E-state index in [4.69, 9.17) is 4.28 Å². The summed E-state index contributed by atoms with van der Waals surface area (Å²) in [6, 6.07) is 11.4. The number of anilines is 1. The zero-order valence-corrected chi connectivity index (χ0v) is 22.5. The molecule has 0 spiro atoms. The Bertz CT molecular complexity index is 1660. The molecule has 39 heavy (non-hydrogen) atoms. The lowest BCUT2D eigenvalue weighted by atomic mass is 9.93. The Kier molecular flexibility index (Phi) is 7.42. The second kappa shape index (κ2) is 10.3. The van der Waals surface area contributed by atoms with Crippen LogP contribution in [0.1, 0.15) is 28.5 Å². The zero-order chi connectivity index (χ0) is 28.6. The molecular formula is C24H23F2N5O6S2. The summed E-state index contributed by atoms with van der Waals surface area (Å²) in [5.74, 6) is -3.37. The van der Waals surface area contributed by atoms with Gasteiger partial charge in [0.1, 0.15) is 22.9 Å². The number of guanidine groups is 1. The monoisotopic (exact) mass is 579 g/mol. The van der Waals surface area contributed by atoms with Gasteiger partial charge in [0, 0.05) is 18.3 Å². The highest BCUT2D eigenvalue weighted by Crippen LogP contribution is 2.35. The predicted octanol–water partition coefficient (Wildman–Crippen LogP) is 2.68. The molecule has 4 rings (SSSR count). The molecule has 0 fully saturated rings. The van der Waals surface area contributed by atoms with Crippen LogP contribution in [0.2, 0.25) is 0 Å². The van der Waals surface area contributed by atoms with Gasteiger partial charge >= 0.3 is 10.1 Å². The van der Waals surface area contributed by atoms with Gasteiger partial charge in [-0.2, -0.15) is 8.42 Å². The number of pyridine rings is 1. The minimum Gasteiger partial charge on any atom is -0.321 e. The predicted molar refractivity (Wildman–Crippen MR) is 137 cm³/mol. The number of nitrogens with zero attached hydrogens (tertiary/aromatic N) is 3. The Morgan fingerprint density at radius 1 is 1.10 bits per heavy atom. The number of rotatable bonds is 6. The van der Waals surface area contributed by atoms with Crippen LogP contribution >= 0.6 is 0 Å². The van der Waals surface area contributed by atoms with Crippen LogP contribution < -0.4 is 10.8 Å². The number of hydroxylamine groups is 1. The van der Waals surface area contributed by atoms with Crippen molar-refractivity contribution in [3.8, 4) is 0 Å². The first kappa shape index (κ1) is 28.1. The van der Waals surface area contributed by atoms with Crippen molar-refractivity contribution in [3.05, 3.63) is 89.2 Å². The number of amides is 1. The van der Waals surface area contributed by atoms with E-state index in [1.807, 2.05) is 0 Å². The lowest BCUT2D eigenvalue weighted by Crippen LogP contribution is -2.52. The lowest BCUT2D eigenvalue weighted by molar-refractivity contribution is 0.102. The van der Waals surface area contributed by atoms with E-state index in [0.717, 1.165) is 37.0 Å². The molecule has 11 nitrogen and oxygen atoms in total. The van der Waals surface area contributed by atoms with Crippen molar-refractivity contribution >= 4 is 37.7 Å². The van der Waals surface area contributed by atoms with Crippen molar-refractivity contribution in [1.82, 2.24) is 14.8 Å². The Morgan fingerprint density at radius 2 is 1.79 bits per heavy atom. The molecule has 3 aromatic rings.